The predicted molar refractivity (Wildman–Crippen MR) is 120 cm³/mol. The molecule has 0 saturated carbocycles. The Kier molecular flexibility index (Phi) is 7.31. The smallest absolute Gasteiger partial charge is 0.245 e. The number of hydrogen-bond acceptors (Lipinski definition) is 4. The summed E-state index contributed by atoms with van der Waals surface area (Å²) in [5.41, 5.74) is 1.46. The van der Waals surface area contributed by atoms with Crippen LogP contribution in [0.3, 0.4) is 0 Å². The highest BCUT2D eigenvalue weighted by atomic mass is 35.5. The molecule has 0 aliphatic rings. The average molecular weight is 474 g/mol. The number of rotatable bonds is 7. The normalized spacial score (nSPS) is 11.2. The van der Waals surface area contributed by atoms with Gasteiger partial charge in [0.05, 0.1) is 23.2 Å². The van der Waals surface area contributed by atoms with Crippen molar-refractivity contribution in [1.82, 2.24) is 4.31 Å². The molecule has 9 heteroatoms. The Morgan fingerprint density at radius 3 is 2.45 bits per heavy atom. The second kappa shape index (κ2) is 9.94. The summed E-state index contributed by atoms with van der Waals surface area (Å²) in [6.45, 7) is -0.505. The van der Waals surface area contributed by atoms with Gasteiger partial charge < -0.3 is 5.32 Å². The molecule has 6 nitrogen and oxygen atoms in total. The largest absolute Gasteiger partial charge is 0.325 e. The van der Waals surface area contributed by atoms with Crippen molar-refractivity contribution in [3.05, 3.63) is 94.0 Å². The quantitative estimate of drug-likeness (QED) is 0.538. The fourth-order valence-electron chi connectivity index (χ4n) is 2.85. The molecule has 3 rings (SSSR count). The van der Waals surface area contributed by atoms with E-state index in [1.807, 2.05) is 12.1 Å². The van der Waals surface area contributed by atoms with Crippen molar-refractivity contribution >= 4 is 44.8 Å². The van der Waals surface area contributed by atoms with Crippen molar-refractivity contribution in [2.75, 3.05) is 11.9 Å². The van der Waals surface area contributed by atoms with E-state index in [-0.39, 0.29) is 21.5 Å². The first-order valence-corrected chi connectivity index (χ1v) is 11.3. The standard InChI is InChI=1S/C22H17Cl2N3O3S/c23-18-9-10-20(24)21(12-18)31(29,30)27(14-16-5-2-1-3-6-16)15-22(28)26-19-8-4-7-17(11-19)13-25/h1-12H,14-15H2,(H,26,28). The Balaban J connectivity index is 1.91. The second-order valence-corrected chi connectivity index (χ2v) is 9.32. The van der Waals surface area contributed by atoms with Crippen LogP contribution in [0.2, 0.25) is 10.0 Å². The first-order chi connectivity index (χ1) is 14.8. The summed E-state index contributed by atoms with van der Waals surface area (Å²) < 4.78 is 27.7. The molecular weight excluding hydrogens is 457 g/mol. The van der Waals surface area contributed by atoms with Crippen LogP contribution in [0.5, 0.6) is 0 Å². The number of halogens is 2. The van der Waals surface area contributed by atoms with Crippen molar-refractivity contribution < 1.29 is 13.2 Å². The molecule has 0 saturated heterocycles. The first-order valence-electron chi connectivity index (χ1n) is 9.09. The van der Waals surface area contributed by atoms with Crippen LogP contribution in [-0.2, 0) is 21.4 Å². The van der Waals surface area contributed by atoms with Crippen LogP contribution in [0.4, 0.5) is 5.69 Å². The van der Waals surface area contributed by atoms with E-state index in [2.05, 4.69) is 5.32 Å². The molecule has 1 amide bonds. The maximum absolute atomic E-state index is 13.4. The number of carbonyl (C=O) groups is 1. The summed E-state index contributed by atoms with van der Waals surface area (Å²) in [5, 5.41) is 11.9. The molecule has 0 fully saturated rings. The molecule has 3 aromatic rings. The number of nitrogens with zero attached hydrogens (tertiary/aromatic N) is 2. The highest BCUT2D eigenvalue weighted by Crippen LogP contribution is 2.28. The summed E-state index contributed by atoms with van der Waals surface area (Å²) in [6.07, 6.45) is 0. The molecule has 31 heavy (non-hydrogen) atoms. The van der Waals surface area contributed by atoms with E-state index in [0.29, 0.717) is 16.8 Å². The van der Waals surface area contributed by atoms with E-state index in [9.17, 15) is 13.2 Å². The van der Waals surface area contributed by atoms with Gasteiger partial charge in [0.1, 0.15) is 4.90 Å². The summed E-state index contributed by atoms with van der Waals surface area (Å²) in [7, 11) is -4.15. The fraction of sp³-hybridized carbons (Fsp3) is 0.0909. The minimum atomic E-state index is -4.15. The topological polar surface area (TPSA) is 90.3 Å². The van der Waals surface area contributed by atoms with Crippen molar-refractivity contribution in [3.63, 3.8) is 0 Å². The fourth-order valence-corrected chi connectivity index (χ4v) is 4.98. The number of benzene rings is 3. The van der Waals surface area contributed by atoms with Gasteiger partial charge in [-0.15, -0.1) is 0 Å². The van der Waals surface area contributed by atoms with Gasteiger partial charge in [0.25, 0.3) is 0 Å². The number of hydrogen-bond donors (Lipinski definition) is 1. The zero-order valence-corrected chi connectivity index (χ0v) is 18.5. The van der Waals surface area contributed by atoms with E-state index < -0.39 is 22.5 Å². The van der Waals surface area contributed by atoms with Crippen molar-refractivity contribution in [3.8, 4) is 6.07 Å². The number of nitriles is 1. The Hall–Kier alpha value is -2.89. The third kappa shape index (κ3) is 5.84. The Bertz CT molecular complexity index is 1240. The van der Waals surface area contributed by atoms with Gasteiger partial charge in [-0.1, -0.05) is 59.6 Å². The highest BCUT2D eigenvalue weighted by molar-refractivity contribution is 7.89. The van der Waals surface area contributed by atoms with E-state index in [1.54, 1.807) is 42.5 Å². The van der Waals surface area contributed by atoms with Crippen molar-refractivity contribution in [2.24, 2.45) is 0 Å². The molecule has 0 bridgehead atoms. The van der Waals surface area contributed by atoms with Gasteiger partial charge in [0.15, 0.2) is 0 Å². The molecule has 0 aliphatic carbocycles. The van der Waals surface area contributed by atoms with Crippen LogP contribution in [0.25, 0.3) is 0 Å². The van der Waals surface area contributed by atoms with Gasteiger partial charge in [0.2, 0.25) is 15.9 Å². The minimum Gasteiger partial charge on any atom is -0.325 e. The number of sulfonamides is 1. The average Bonchev–Trinajstić information content (AvgIpc) is 2.75. The van der Waals surface area contributed by atoms with Gasteiger partial charge in [-0.05, 0) is 42.0 Å². The lowest BCUT2D eigenvalue weighted by atomic mass is 10.2. The summed E-state index contributed by atoms with van der Waals surface area (Å²) in [4.78, 5) is 12.5. The van der Waals surface area contributed by atoms with Gasteiger partial charge in [-0.3, -0.25) is 4.79 Å². The predicted octanol–water partition coefficient (Wildman–Crippen LogP) is 4.69. The van der Waals surface area contributed by atoms with Crippen LogP contribution < -0.4 is 5.32 Å². The van der Waals surface area contributed by atoms with Crippen LogP contribution >= 0.6 is 23.2 Å². The van der Waals surface area contributed by atoms with Crippen LogP contribution in [-0.4, -0.2) is 25.2 Å². The monoisotopic (exact) mass is 473 g/mol. The molecule has 0 aromatic heterocycles. The molecule has 3 aromatic carbocycles. The molecule has 0 unspecified atom stereocenters. The van der Waals surface area contributed by atoms with Crippen LogP contribution in [0.1, 0.15) is 11.1 Å². The maximum atomic E-state index is 13.4. The lowest BCUT2D eigenvalue weighted by molar-refractivity contribution is -0.116. The Labute approximate surface area is 190 Å². The summed E-state index contributed by atoms with van der Waals surface area (Å²) in [5.74, 6) is -0.562. The van der Waals surface area contributed by atoms with E-state index in [4.69, 9.17) is 28.5 Å². The molecule has 0 radical (unpaired) electrons. The molecule has 0 spiro atoms. The number of carbonyl (C=O) groups excluding carboxylic acids is 1. The zero-order chi connectivity index (χ0) is 22.4. The highest BCUT2D eigenvalue weighted by Gasteiger charge is 2.29. The molecule has 0 aliphatic heterocycles. The molecule has 1 N–H and O–H groups in total. The number of nitrogens with one attached hydrogen (secondary N) is 1. The molecular formula is C22H17Cl2N3O3S. The lowest BCUT2D eigenvalue weighted by Gasteiger charge is -2.22. The van der Waals surface area contributed by atoms with Gasteiger partial charge in [0, 0.05) is 17.3 Å². The van der Waals surface area contributed by atoms with E-state index in [1.165, 1.54) is 24.3 Å². The van der Waals surface area contributed by atoms with Crippen LogP contribution in [0.15, 0.2) is 77.7 Å². The number of anilines is 1. The SMILES string of the molecule is N#Cc1cccc(NC(=O)CN(Cc2ccccc2)S(=O)(=O)c2cc(Cl)ccc2Cl)c1. The molecule has 0 atom stereocenters. The lowest BCUT2D eigenvalue weighted by Crippen LogP contribution is -2.37. The zero-order valence-electron chi connectivity index (χ0n) is 16.1. The Morgan fingerprint density at radius 1 is 1.00 bits per heavy atom. The Morgan fingerprint density at radius 2 is 1.74 bits per heavy atom. The van der Waals surface area contributed by atoms with E-state index in [0.717, 1.165) is 4.31 Å². The second-order valence-electron chi connectivity index (χ2n) is 6.57. The van der Waals surface area contributed by atoms with Crippen LogP contribution in [0, 0.1) is 11.3 Å². The third-order valence-electron chi connectivity index (χ3n) is 4.31. The van der Waals surface area contributed by atoms with Gasteiger partial charge in [-0.25, -0.2) is 8.42 Å². The summed E-state index contributed by atoms with van der Waals surface area (Å²) >= 11 is 12.1. The number of amides is 1. The van der Waals surface area contributed by atoms with Crippen molar-refractivity contribution in [2.45, 2.75) is 11.4 Å². The maximum Gasteiger partial charge on any atom is 0.245 e. The first kappa shape index (κ1) is 22.8. The van der Waals surface area contributed by atoms with Gasteiger partial charge >= 0.3 is 0 Å². The van der Waals surface area contributed by atoms with Gasteiger partial charge in [-0.2, -0.15) is 9.57 Å². The molecule has 0 heterocycles. The minimum absolute atomic E-state index is 0.00425. The summed E-state index contributed by atoms with van der Waals surface area (Å²) in [6, 6.07) is 21.3. The molecule has 158 valence electrons. The van der Waals surface area contributed by atoms with Crippen molar-refractivity contribution in [1.29, 1.82) is 5.26 Å². The van der Waals surface area contributed by atoms with E-state index >= 15 is 0 Å². The third-order valence-corrected chi connectivity index (χ3v) is 6.82.